The Morgan fingerprint density at radius 3 is 2.38 bits per heavy atom. The largest absolute Gasteiger partial charge is 0.356 e. The molecule has 1 aliphatic heterocycles. The van der Waals surface area contributed by atoms with E-state index in [0.29, 0.717) is 0 Å². The molecule has 120 valence electrons. The molecule has 0 saturated carbocycles. The van der Waals surface area contributed by atoms with Gasteiger partial charge in [0, 0.05) is 21.3 Å². The molecule has 2 unspecified atom stereocenters. The molecule has 1 N–H and O–H groups in total. The molecule has 0 fully saturated rings. The highest BCUT2D eigenvalue weighted by Crippen LogP contribution is 2.42. The van der Waals surface area contributed by atoms with Gasteiger partial charge in [0.2, 0.25) is 0 Å². The standard InChI is InChI=1S/C20H15BrFNO/c21-15-8-11-18-17(12-15)19(13-4-2-1-3-5-13)24-20(23-18)14-6-9-16(22)10-7-14/h1-12,19-20,23H. The van der Waals surface area contributed by atoms with Gasteiger partial charge in [-0.2, -0.15) is 0 Å². The van der Waals surface area contributed by atoms with E-state index in [1.54, 1.807) is 12.1 Å². The van der Waals surface area contributed by atoms with Crippen molar-refractivity contribution < 1.29 is 9.13 Å². The van der Waals surface area contributed by atoms with E-state index in [4.69, 9.17) is 4.74 Å². The summed E-state index contributed by atoms with van der Waals surface area (Å²) in [6.07, 6.45) is -0.514. The lowest BCUT2D eigenvalue weighted by Crippen LogP contribution is -2.25. The molecule has 3 aromatic carbocycles. The first-order valence-corrected chi connectivity index (χ1v) is 8.52. The van der Waals surface area contributed by atoms with Crippen LogP contribution in [0.1, 0.15) is 29.0 Å². The highest BCUT2D eigenvalue weighted by Gasteiger charge is 2.29. The number of rotatable bonds is 2. The lowest BCUT2D eigenvalue weighted by Gasteiger charge is -2.34. The Kier molecular flexibility index (Phi) is 4.08. The SMILES string of the molecule is Fc1ccc(C2Nc3ccc(Br)cc3C(c3ccccc3)O2)cc1. The Labute approximate surface area is 148 Å². The van der Waals surface area contributed by atoms with Crippen LogP contribution >= 0.6 is 15.9 Å². The Hall–Kier alpha value is -2.17. The summed E-state index contributed by atoms with van der Waals surface area (Å²) < 4.78 is 20.5. The number of nitrogens with one attached hydrogen (secondary N) is 1. The van der Waals surface area contributed by atoms with Crippen molar-refractivity contribution in [3.05, 3.63) is 99.8 Å². The normalized spacial score (nSPS) is 19.4. The van der Waals surface area contributed by atoms with Crippen molar-refractivity contribution in [3.63, 3.8) is 0 Å². The summed E-state index contributed by atoms with van der Waals surface area (Å²) in [7, 11) is 0. The highest BCUT2D eigenvalue weighted by molar-refractivity contribution is 9.10. The van der Waals surface area contributed by atoms with E-state index < -0.39 is 0 Å². The van der Waals surface area contributed by atoms with Gasteiger partial charge < -0.3 is 10.1 Å². The van der Waals surface area contributed by atoms with Crippen LogP contribution in [-0.4, -0.2) is 0 Å². The smallest absolute Gasteiger partial charge is 0.155 e. The Bertz CT molecular complexity index is 851. The van der Waals surface area contributed by atoms with E-state index in [2.05, 4.69) is 39.4 Å². The fourth-order valence-electron chi connectivity index (χ4n) is 2.95. The predicted molar refractivity (Wildman–Crippen MR) is 96.3 cm³/mol. The molecule has 0 radical (unpaired) electrons. The Balaban J connectivity index is 1.77. The Morgan fingerprint density at radius 1 is 0.875 bits per heavy atom. The quantitative estimate of drug-likeness (QED) is 0.601. The van der Waals surface area contributed by atoms with E-state index in [9.17, 15) is 4.39 Å². The van der Waals surface area contributed by atoms with Gasteiger partial charge in [-0.3, -0.25) is 0 Å². The number of hydrogen-bond donors (Lipinski definition) is 1. The molecule has 4 heteroatoms. The van der Waals surface area contributed by atoms with Gasteiger partial charge in [-0.15, -0.1) is 0 Å². The maximum absolute atomic E-state index is 13.2. The van der Waals surface area contributed by atoms with E-state index in [1.165, 1.54) is 12.1 Å². The predicted octanol–water partition coefficient (Wildman–Crippen LogP) is 5.82. The summed E-state index contributed by atoms with van der Waals surface area (Å²) in [4.78, 5) is 0. The van der Waals surface area contributed by atoms with Crippen molar-refractivity contribution in [2.45, 2.75) is 12.3 Å². The third-order valence-electron chi connectivity index (χ3n) is 4.13. The number of halogens is 2. The zero-order valence-corrected chi connectivity index (χ0v) is 14.3. The lowest BCUT2D eigenvalue weighted by atomic mass is 9.97. The molecule has 24 heavy (non-hydrogen) atoms. The molecule has 3 aromatic rings. The van der Waals surface area contributed by atoms with Crippen molar-refractivity contribution in [2.24, 2.45) is 0 Å². The maximum Gasteiger partial charge on any atom is 0.155 e. The first-order chi connectivity index (χ1) is 11.7. The average Bonchev–Trinajstić information content (AvgIpc) is 2.62. The van der Waals surface area contributed by atoms with E-state index in [1.807, 2.05) is 30.3 Å². The van der Waals surface area contributed by atoms with Gasteiger partial charge in [0.15, 0.2) is 6.23 Å². The second-order valence-electron chi connectivity index (χ2n) is 5.73. The average molecular weight is 384 g/mol. The zero-order valence-electron chi connectivity index (χ0n) is 12.7. The molecule has 0 saturated heterocycles. The van der Waals surface area contributed by atoms with Gasteiger partial charge >= 0.3 is 0 Å². The van der Waals surface area contributed by atoms with Gasteiger partial charge in [-0.25, -0.2) is 4.39 Å². The monoisotopic (exact) mass is 383 g/mol. The number of anilines is 1. The summed E-state index contributed by atoms with van der Waals surface area (Å²) in [5.41, 5.74) is 4.08. The zero-order chi connectivity index (χ0) is 16.5. The molecule has 2 atom stereocenters. The second kappa shape index (κ2) is 6.38. The van der Waals surface area contributed by atoms with Gasteiger partial charge in [0.1, 0.15) is 11.9 Å². The van der Waals surface area contributed by atoms with E-state index in [-0.39, 0.29) is 18.1 Å². The number of hydrogen-bond acceptors (Lipinski definition) is 2. The van der Waals surface area contributed by atoms with Gasteiger partial charge in [0.25, 0.3) is 0 Å². The van der Waals surface area contributed by atoms with Crippen molar-refractivity contribution >= 4 is 21.6 Å². The molecule has 0 bridgehead atoms. The molecular formula is C20H15BrFNO. The first-order valence-electron chi connectivity index (χ1n) is 7.72. The van der Waals surface area contributed by atoms with Gasteiger partial charge in [-0.1, -0.05) is 58.4 Å². The van der Waals surface area contributed by atoms with Crippen LogP contribution in [0.4, 0.5) is 10.1 Å². The van der Waals surface area contributed by atoms with E-state index in [0.717, 1.165) is 26.9 Å². The minimum absolute atomic E-state index is 0.185. The van der Waals surface area contributed by atoms with Crippen LogP contribution in [0, 0.1) is 5.82 Å². The molecule has 0 aliphatic carbocycles. The fourth-order valence-corrected chi connectivity index (χ4v) is 3.33. The summed E-state index contributed by atoms with van der Waals surface area (Å²) in [6.45, 7) is 0. The first kappa shape index (κ1) is 15.4. The van der Waals surface area contributed by atoms with Crippen LogP contribution in [0.2, 0.25) is 0 Å². The summed E-state index contributed by atoms with van der Waals surface area (Å²) in [5.74, 6) is -0.251. The number of ether oxygens (including phenoxy) is 1. The van der Waals surface area contributed by atoms with Crippen molar-refractivity contribution in [1.82, 2.24) is 0 Å². The second-order valence-corrected chi connectivity index (χ2v) is 6.65. The van der Waals surface area contributed by atoms with Crippen molar-refractivity contribution in [3.8, 4) is 0 Å². The molecule has 0 aromatic heterocycles. The molecule has 0 amide bonds. The molecule has 1 aliphatic rings. The van der Waals surface area contributed by atoms with Crippen LogP contribution in [0.25, 0.3) is 0 Å². The van der Waals surface area contributed by atoms with E-state index >= 15 is 0 Å². The molecule has 0 spiro atoms. The third-order valence-corrected chi connectivity index (χ3v) is 4.62. The Morgan fingerprint density at radius 2 is 1.62 bits per heavy atom. The third kappa shape index (κ3) is 2.95. The fraction of sp³-hybridized carbons (Fsp3) is 0.100. The topological polar surface area (TPSA) is 21.3 Å². The van der Waals surface area contributed by atoms with Gasteiger partial charge in [0.05, 0.1) is 0 Å². The molecule has 4 rings (SSSR count). The molecule has 2 nitrogen and oxygen atoms in total. The van der Waals surface area contributed by atoms with Crippen molar-refractivity contribution in [1.29, 1.82) is 0 Å². The maximum atomic E-state index is 13.2. The molecule has 1 heterocycles. The van der Waals surface area contributed by atoms with Crippen LogP contribution in [0.5, 0.6) is 0 Å². The summed E-state index contributed by atoms with van der Waals surface area (Å²) in [6, 6.07) is 22.6. The van der Waals surface area contributed by atoms with Crippen LogP contribution < -0.4 is 5.32 Å². The van der Waals surface area contributed by atoms with Crippen LogP contribution in [-0.2, 0) is 4.74 Å². The minimum Gasteiger partial charge on any atom is -0.356 e. The van der Waals surface area contributed by atoms with Crippen LogP contribution in [0.15, 0.2) is 77.3 Å². The van der Waals surface area contributed by atoms with Crippen molar-refractivity contribution in [2.75, 3.05) is 5.32 Å². The highest BCUT2D eigenvalue weighted by atomic mass is 79.9. The number of benzene rings is 3. The summed E-state index contributed by atoms with van der Waals surface area (Å²) in [5, 5.41) is 3.39. The van der Waals surface area contributed by atoms with Gasteiger partial charge in [-0.05, 0) is 35.9 Å². The number of fused-ring (bicyclic) bond motifs is 1. The van der Waals surface area contributed by atoms with Crippen LogP contribution in [0.3, 0.4) is 0 Å². The minimum atomic E-state index is -0.329. The molecular weight excluding hydrogens is 369 g/mol. The lowest BCUT2D eigenvalue weighted by molar-refractivity contribution is 0.0157. The summed E-state index contributed by atoms with van der Waals surface area (Å²) >= 11 is 3.53.